The molecule has 0 aromatic heterocycles. The first-order valence-electron chi connectivity index (χ1n) is 5.07. The van der Waals surface area contributed by atoms with Gasteiger partial charge in [0.25, 0.3) is 0 Å². The van der Waals surface area contributed by atoms with Crippen molar-refractivity contribution in [3.63, 3.8) is 0 Å². The van der Waals surface area contributed by atoms with Crippen molar-refractivity contribution in [3.05, 3.63) is 29.3 Å². The first-order chi connectivity index (χ1) is 8.96. The first kappa shape index (κ1) is 16.5. The van der Waals surface area contributed by atoms with Gasteiger partial charge >= 0.3 is 5.97 Å². The second kappa shape index (κ2) is 5.44. The Labute approximate surface area is 113 Å². The highest BCUT2D eigenvalue weighted by Crippen LogP contribution is 2.22. The number of carbonyl (C=O) groups is 1. The molecule has 0 heterocycles. The summed E-state index contributed by atoms with van der Waals surface area (Å²) in [6.07, 6.45) is 0.798. The number of sulfone groups is 2. The number of rotatable bonds is 5. The number of halogens is 2. The number of aromatic carboxylic acids is 1. The summed E-state index contributed by atoms with van der Waals surface area (Å²) in [6, 6.07) is 1.06. The van der Waals surface area contributed by atoms with E-state index in [-0.39, 0.29) is 0 Å². The van der Waals surface area contributed by atoms with E-state index < -0.39 is 59.2 Å². The Balaban J connectivity index is 3.34. The molecule has 0 saturated heterocycles. The second-order valence-corrected chi connectivity index (χ2v) is 8.33. The lowest BCUT2D eigenvalue weighted by molar-refractivity contribution is 0.0685. The normalized spacial score (nSPS) is 12.3. The minimum Gasteiger partial charge on any atom is -0.477 e. The van der Waals surface area contributed by atoms with Gasteiger partial charge in [0.1, 0.15) is 26.1 Å². The van der Waals surface area contributed by atoms with Crippen molar-refractivity contribution in [2.24, 2.45) is 0 Å². The Morgan fingerprint density at radius 1 is 1.15 bits per heavy atom. The number of carboxylic acid groups (broad SMARTS) is 1. The molecule has 0 spiro atoms. The van der Waals surface area contributed by atoms with Gasteiger partial charge in [-0.3, -0.25) is 0 Å². The fourth-order valence-electron chi connectivity index (χ4n) is 1.34. The van der Waals surface area contributed by atoms with Gasteiger partial charge in [0.15, 0.2) is 15.7 Å². The highest BCUT2D eigenvalue weighted by atomic mass is 32.2. The van der Waals surface area contributed by atoms with Crippen LogP contribution in [0, 0.1) is 11.6 Å². The zero-order valence-corrected chi connectivity index (χ0v) is 11.8. The van der Waals surface area contributed by atoms with E-state index in [2.05, 4.69) is 0 Å². The Kier molecular flexibility index (Phi) is 4.49. The standard InChI is InChI=1S/C10H10F2O6S2/c1-19(15,16)4-5-20(17,18)7-3-2-6(11)8(9(7)12)10(13)14/h2-3H,4-5H2,1H3,(H,13,14). The quantitative estimate of drug-likeness (QED) is 0.788. The van der Waals surface area contributed by atoms with Gasteiger partial charge in [0, 0.05) is 6.26 Å². The summed E-state index contributed by atoms with van der Waals surface area (Å²) in [5.41, 5.74) is -1.40. The maximum absolute atomic E-state index is 13.8. The maximum Gasteiger partial charge on any atom is 0.341 e. The van der Waals surface area contributed by atoms with Crippen LogP contribution in [-0.4, -0.2) is 45.7 Å². The van der Waals surface area contributed by atoms with Crippen molar-refractivity contribution in [1.82, 2.24) is 0 Å². The summed E-state index contributed by atoms with van der Waals surface area (Å²) in [4.78, 5) is 9.63. The van der Waals surface area contributed by atoms with Crippen LogP contribution in [0.5, 0.6) is 0 Å². The summed E-state index contributed by atoms with van der Waals surface area (Å²) in [5.74, 6) is -6.80. The summed E-state index contributed by atoms with van der Waals surface area (Å²) in [6.45, 7) is 0. The molecule has 0 radical (unpaired) electrons. The molecular formula is C10H10F2O6S2. The van der Waals surface area contributed by atoms with Crippen LogP contribution in [0.2, 0.25) is 0 Å². The Morgan fingerprint density at radius 2 is 1.70 bits per heavy atom. The fraction of sp³-hybridized carbons (Fsp3) is 0.300. The molecule has 112 valence electrons. The van der Waals surface area contributed by atoms with Crippen molar-refractivity contribution < 1.29 is 35.5 Å². The van der Waals surface area contributed by atoms with Gasteiger partial charge in [-0.2, -0.15) is 0 Å². The Morgan fingerprint density at radius 3 is 2.15 bits per heavy atom. The molecule has 0 unspecified atom stereocenters. The highest BCUT2D eigenvalue weighted by molar-refractivity contribution is 7.94. The van der Waals surface area contributed by atoms with Crippen LogP contribution >= 0.6 is 0 Å². The van der Waals surface area contributed by atoms with Crippen LogP contribution in [-0.2, 0) is 19.7 Å². The van der Waals surface area contributed by atoms with Gasteiger partial charge in [-0.1, -0.05) is 0 Å². The molecule has 6 nitrogen and oxygen atoms in total. The van der Waals surface area contributed by atoms with Crippen molar-refractivity contribution in [2.45, 2.75) is 4.90 Å². The van der Waals surface area contributed by atoms with Gasteiger partial charge in [0.2, 0.25) is 0 Å². The third kappa shape index (κ3) is 3.73. The molecule has 1 aromatic rings. The van der Waals surface area contributed by atoms with Crippen molar-refractivity contribution in [3.8, 4) is 0 Å². The molecule has 0 amide bonds. The largest absolute Gasteiger partial charge is 0.477 e. The van der Waals surface area contributed by atoms with Crippen LogP contribution in [0.4, 0.5) is 8.78 Å². The number of hydrogen-bond acceptors (Lipinski definition) is 5. The van der Waals surface area contributed by atoms with Gasteiger partial charge in [-0.25, -0.2) is 30.4 Å². The third-order valence-corrected chi connectivity index (χ3v) is 5.26. The van der Waals surface area contributed by atoms with E-state index in [1.807, 2.05) is 0 Å². The Bertz CT molecular complexity index is 752. The van der Waals surface area contributed by atoms with Crippen LogP contribution in [0.3, 0.4) is 0 Å². The Hall–Kier alpha value is -1.55. The van der Waals surface area contributed by atoms with Crippen LogP contribution < -0.4 is 0 Å². The minimum absolute atomic E-state index is 0.500. The zero-order valence-electron chi connectivity index (χ0n) is 10.1. The molecule has 0 aliphatic carbocycles. The van der Waals surface area contributed by atoms with E-state index in [1.165, 1.54) is 0 Å². The summed E-state index contributed by atoms with van der Waals surface area (Å²) >= 11 is 0. The van der Waals surface area contributed by atoms with E-state index in [4.69, 9.17) is 5.11 Å². The fourth-order valence-corrected chi connectivity index (χ4v) is 4.30. The number of hydrogen-bond donors (Lipinski definition) is 1. The van der Waals surface area contributed by atoms with Crippen LogP contribution in [0.1, 0.15) is 10.4 Å². The molecule has 1 N–H and O–H groups in total. The molecule has 0 bridgehead atoms. The molecule has 0 saturated carbocycles. The zero-order chi connectivity index (χ0) is 15.7. The van der Waals surface area contributed by atoms with E-state index in [9.17, 15) is 30.4 Å². The van der Waals surface area contributed by atoms with E-state index in [0.29, 0.717) is 12.1 Å². The number of benzene rings is 1. The molecule has 10 heteroatoms. The van der Waals surface area contributed by atoms with E-state index >= 15 is 0 Å². The lowest BCUT2D eigenvalue weighted by Gasteiger charge is -2.07. The molecule has 1 aromatic carbocycles. The molecule has 0 fully saturated rings. The number of carboxylic acids is 1. The van der Waals surface area contributed by atoms with E-state index in [0.717, 1.165) is 6.26 Å². The molecule has 0 atom stereocenters. The van der Waals surface area contributed by atoms with Gasteiger partial charge in [-0.05, 0) is 12.1 Å². The van der Waals surface area contributed by atoms with Gasteiger partial charge < -0.3 is 5.11 Å². The van der Waals surface area contributed by atoms with Crippen LogP contribution in [0.25, 0.3) is 0 Å². The molecule has 0 aliphatic heterocycles. The predicted octanol–water partition coefficient (Wildman–Crippen LogP) is 0.481. The van der Waals surface area contributed by atoms with E-state index in [1.54, 1.807) is 0 Å². The monoisotopic (exact) mass is 328 g/mol. The highest BCUT2D eigenvalue weighted by Gasteiger charge is 2.27. The van der Waals surface area contributed by atoms with Crippen molar-refractivity contribution in [1.29, 1.82) is 0 Å². The van der Waals surface area contributed by atoms with Crippen LogP contribution in [0.15, 0.2) is 17.0 Å². The maximum atomic E-state index is 13.8. The second-order valence-electron chi connectivity index (χ2n) is 3.99. The predicted molar refractivity (Wildman–Crippen MR) is 65.1 cm³/mol. The molecule has 0 aliphatic rings. The summed E-state index contributed by atoms with van der Waals surface area (Å²) in [5, 5.41) is 8.63. The lowest BCUT2D eigenvalue weighted by Crippen LogP contribution is -2.19. The molecule has 1 rings (SSSR count). The average Bonchev–Trinajstić information content (AvgIpc) is 2.24. The van der Waals surface area contributed by atoms with Crippen molar-refractivity contribution >= 4 is 25.6 Å². The van der Waals surface area contributed by atoms with Gasteiger partial charge in [0.05, 0.1) is 11.5 Å². The minimum atomic E-state index is -4.38. The van der Waals surface area contributed by atoms with Crippen molar-refractivity contribution in [2.75, 3.05) is 17.8 Å². The first-order valence-corrected chi connectivity index (χ1v) is 8.79. The van der Waals surface area contributed by atoms with Gasteiger partial charge in [-0.15, -0.1) is 0 Å². The summed E-state index contributed by atoms with van der Waals surface area (Å²) in [7, 11) is -7.99. The third-order valence-electron chi connectivity index (χ3n) is 2.33. The molecule has 20 heavy (non-hydrogen) atoms. The molecular weight excluding hydrogens is 318 g/mol. The SMILES string of the molecule is CS(=O)(=O)CCS(=O)(=O)c1ccc(F)c(C(=O)O)c1F. The lowest BCUT2D eigenvalue weighted by atomic mass is 10.2. The summed E-state index contributed by atoms with van der Waals surface area (Å²) < 4.78 is 72.2. The average molecular weight is 328 g/mol. The smallest absolute Gasteiger partial charge is 0.341 e. The topological polar surface area (TPSA) is 106 Å².